The van der Waals surface area contributed by atoms with Gasteiger partial charge in [-0.2, -0.15) is 0 Å². The SMILES string of the molecule is COc1cc(NC(=O)Cc2cc(Cl)c3c(c2)OCCCO3)ccc1N1CCCC1=O. The fourth-order valence-electron chi connectivity index (χ4n) is 3.66. The van der Waals surface area contributed by atoms with Gasteiger partial charge in [0, 0.05) is 31.1 Å². The molecule has 158 valence electrons. The molecule has 1 N–H and O–H groups in total. The van der Waals surface area contributed by atoms with Crippen LogP contribution in [0.5, 0.6) is 17.2 Å². The maximum atomic E-state index is 12.6. The highest BCUT2D eigenvalue weighted by atomic mass is 35.5. The van der Waals surface area contributed by atoms with Gasteiger partial charge in [0.1, 0.15) is 5.75 Å². The summed E-state index contributed by atoms with van der Waals surface area (Å²) < 4.78 is 16.7. The van der Waals surface area contributed by atoms with E-state index in [1.807, 2.05) is 0 Å². The third kappa shape index (κ3) is 4.31. The number of halogens is 1. The van der Waals surface area contributed by atoms with Crippen molar-refractivity contribution in [3.8, 4) is 17.2 Å². The van der Waals surface area contributed by atoms with E-state index in [-0.39, 0.29) is 18.2 Å². The van der Waals surface area contributed by atoms with Crippen LogP contribution in [0.2, 0.25) is 5.02 Å². The normalized spacial score (nSPS) is 15.7. The average Bonchev–Trinajstić information content (AvgIpc) is 2.99. The van der Waals surface area contributed by atoms with Gasteiger partial charge in [-0.05, 0) is 36.2 Å². The van der Waals surface area contributed by atoms with E-state index in [9.17, 15) is 9.59 Å². The average molecular weight is 431 g/mol. The fraction of sp³-hybridized carbons (Fsp3) is 0.364. The third-order valence-electron chi connectivity index (χ3n) is 5.05. The van der Waals surface area contributed by atoms with Crippen molar-refractivity contribution in [3.05, 3.63) is 40.9 Å². The summed E-state index contributed by atoms with van der Waals surface area (Å²) in [5.74, 6) is 1.50. The number of amides is 2. The molecule has 2 heterocycles. The molecule has 0 atom stereocenters. The minimum atomic E-state index is -0.201. The topological polar surface area (TPSA) is 77.1 Å². The van der Waals surface area contributed by atoms with Crippen LogP contribution in [0.4, 0.5) is 11.4 Å². The van der Waals surface area contributed by atoms with Crippen LogP contribution < -0.4 is 24.4 Å². The number of anilines is 2. The highest BCUT2D eigenvalue weighted by molar-refractivity contribution is 6.32. The molecule has 2 aromatic carbocycles. The molecule has 2 aliphatic rings. The van der Waals surface area contributed by atoms with Crippen LogP contribution in [0, 0.1) is 0 Å². The molecule has 8 heteroatoms. The van der Waals surface area contributed by atoms with Crippen molar-refractivity contribution in [2.45, 2.75) is 25.7 Å². The number of nitrogens with zero attached hydrogens (tertiary/aromatic N) is 1. The predicted octanol–water partition coefficient (Wildman–Crippen LogP) is 3.82. The minimum absolute atomic E-state index is 0.0800. The molecular formula is C22H23ClN2O5. The monoisotopic (exact) mass is 430 g/mol. The lowest BCUT2D eigenvalue weighted by Crippen LogP contribution is -2.24. The number of carbonyl (C=O) groups excluding carboxylic acids is 2. The van der Waals surface area contributed by atoms with Crippen LogP contribution in [0.25, 0.3) is 0 Å². The molecule has 0 spiro atoms. The summed E-state index contributed by atoms with van der Waals surface area (Å²) in [5, 5.41) is 3.30. The molecule has 0 aliphatic carbocycles. The number of methoxy groups -OCH3 is 1. The molecule has 0 unspecified atom stereocenters. The van der Waals surface area contributed by atoms with Crippen molar-refractivity contribution in [3.63, 3.8) is 0 Å². The van der Waals surface area contributed by atoms with Crippen LogP contribution in [0.15, 0.2) is 30.3 Å². The number of benzene rings is 2. The van der Waals surface area contributed by atoms with Gasteiger partial charge in [-0.25, -0.2) is 0 Å². The number of hydrogen-bond donors (Lipinski definition) is 1. The van der Waals surface area contributed by atoms with Gasteiger partial charge in [0.05, 0.1) is 37.5 Å². The van der Waals surface area contributed by atoms with E-state index >= 15 is 0 Å². The van der Waals surface area contributed by atoms with Crippen molar-refractivity contribution in [2.24, 2.45) is 0 Å². The Morgan fingerprint density at radius 1 is 1.20 bits per heavy atom. The summed E-state index contributed by atoms with van der Waals surface area (Å²) in [6.07, 6.45) is 2.28. The van der Waals surface area contributed by atoms with Crippen molar-refractivity contribution < 1.29 is 23.8 Å². The molecule has 2 aliphatic heterocycles. The molecule has 1 saturated heterocycles. The standard InChI is InChI=1S/C22H23ClN2O5/c1-28-18-13-15(5-6-17(18)25-7-2-4-21(25)27)24-20(26)12-14-10-16(23)22-19(11-14)29-8-3-9-30-22/h5-6,10-11,13H,2-4,7-9,12H2,1H3,(H,24,26). The molecule has 0 aromatic heterocycles. The highest BCUT2D eigenvalue weighted by Crippen LogP contribution is 2.38. The summed E-state index contributed by atoms with van der Waals surface area (Å²) >= 11 is 6.31. The molecule has 30 heavy (non-hydrogen) atoms. The molecule has 7 nitrogen and oxygen atoms in total. The van der Waals surface area contributed by atoms with Crippen molar-refractivity contribution in [1.29, 1.82) is 0 Å². The smallest absolute Gasteiger partial charge is 0.228 e. The molecule has 2 amide bonds. The van der Waals surface area contributed by atoms with Crippen LogP contribution in [0.1, 0.15) is 24.8 Å². The molecule has 1 fully saturated rings. The predicted molar refractivity (Wildman–Crippen MR) is 114 cm³/mol. The van der Waals surface area contributed by atoms with E-state index in [1.54, 1.807) is 42.3 Å². The molecule has 0 radical (unpaired) electrons. The van der Waals surface area contributed by atoms with Gasteiger partial charge in [0.2, 0.25) is 11.8 Å². The van der Waals surface area contributed by atoms with Gasteiger partial charge in [0.25, 0.3) is 0 Å². The Labute approximate surface area is 179 Å². The van der Waals surface area contributed by atoms with E-state index in [0.29, 0.717) is 59.8 Å². The first kappa shape index (κ1) is 20.3. The number of carbonyl (C=O) groups is 2. The first-order chi connectivity index (χ1) is 14.5. The fourth-order valence-corrected chi connectivity index (χ4v) is 3.95. The second-order valence-corrected chi connectivity index (χ2v) is 7.62. The highest BCUT2D eigenvalue weighted by Gasteiger charge is 2.24. The summed E-state index contributed by atoms with van der Waals surface area (Å²) in [7, 11) is 1.55. The first-order valence-corrected chi connectivity index (χ1v) is 10.3. The summed E-state index contributed by atoms with van der Waals surface area (Å²) in [6, 6.07) is 8.79. The number of hydrogen-bond acceptors (Lipinski definition) is 5. The van der Waals surface area contributed by atoms with Gasteiger partial charge in [0.15, 0.2) is 11.5 Å². The van der Waals surface area contributed by atoms with E-state index in [0.717, 1.165) is 18.4 Å². The van der Waals surface area contributed by atoms with E-state index in [1.165, 1.54) is 0 Å². The van der Waals surface area contributed by atoms with Crippen LogP contribution in [-0.2, 0) is 16.0 Å². The van der Waals surface area contributed by atoms with Crippen LogP contribution in [-0.4, -0.2) is 38.7 Å². The lowest BCUT2D eigenvalue weighted by molar-refractivity contribution is -0.117. The second-order valence-electron chi connectivity index (χ2n) is 7.22. The quantitative estimate of drug-likeness (QED) is 0.780. The van der Waals surface area contributed by atoms with Crippen molar-refractivity contribution >= 4 is 34.8 Å². The number of fused-ring (bicyclic) bond motifs is 1. The zero-order chi connectivity index (χ0) is 21.1. The molecule has 0 bridgehead atoms. The Hall–Kier alpha value is -2.93. The zero-order valence-electron chi connectivity index (χ0n) is 16.7. The number of rotatable bonds is 5. The Balaban J connectivity index is 1.47. The maximum absolute atomic E-state index is 12.6. The van der Waals surface area contributed by atoms with Crippen molar-refractivity contribution in [1.82, 2.24) is 0 Å². The Bertz CT molecular complexity index is 978. The van der Waals surface area contributed by atoms with Crippen molar-refractivity contribution in [2.75, 3.05) is 37.1 Å². The molecule has 2 aromatic rings. The van der Waals surface area contributed by atoms with Gasteiger partial charge in [-0.1, -0.05) is 11.6 Å². The largest absolute Gasteiger partial charge is 0.494 e. The Morgan fingerprint density at radius 2 is 2.03 bits per heavy atom. The Morgan fingerprint density at radius 3 is 2.80 bits per heavy atom. The van der Waals surface area contributed by atoms with Gasteiger partial charge >= 0.3 is 0 Å². The van der Waals surface area contributed by atoms with Gasteiger partial charge < -0.3 is 24.4 Å². The first-order valence-electron chi connectivity index (χ1n) is 9.91. The maximum Gasteiger partial charge on any atom is 0.228 e. The summed E-state index contributed by atoms with van der Waals surface area (Å²) in [5.41, 5.74) is 2.04. The Kier molecular flexibility index (Phi) is 5.99. The number of nitrogens with one attached hydrogen (secondary N) is 1. The second kappa shape index (κ2) is 8.83. The van der Waals surface area contributed by atoms with E-state index in [2.05, 4.69) is 5.32 Å². The summed E-state index contributed by atoms with van der Waals surface area (Å²) in [6.45, 7) is 1.77. The minimum Gasteiger partial charge on any atom is -0.494 e. The molecule has 0 saturated carbocycles. The lowest BCUT2D eigenvalue weighted by atomic mass is 10.1. The third-order valence-corrected chi connectivity index (χ3v) is 5.34. The van der Waals surface area contributed by atoms with Gasteiger partial charge in [-0.15, -0.1) is 0 Å². The van der Waals surface area contributed by atoms with Gasteiger partial charge in [-0.3, -0.25) is 9.59 Å². The van der Waals surface area contributed by atoms with Crippen LogP contribution >= 0.6 is 11.6 Å². The summed E-state index contributed by atoms with van der Waals surface area (Å²) in [4.78, 5) is 26.3. The van der Waals surface area contributed by atoms with Crippen LogP contribution in [0.3, 0.4) is 0 Å². The molecule has 4 rings (SSSR count). The lowest BCUT2D eigenvalue weighted by Gasteiger charge is -2.19. The van der Waals surface area contributed by atoms with E-state index in [4.69, 9.17) is 25.8 Å². The van der Waals surface area contributed by atoms with E-state index < -0.39 is 0 Å². The zero-order valence-corrected chi connectivity index (χ0v) is 17.5. The molecular weight excluding hydrogens is 408 g/mol. The number of ether oxygens (including phenoxy) is 3.